The van der Waals surface area contributed by atoms with Crippen molar-refractivity contribution in [2.75, 3.05) is 0 Å². The normalized spacial score (nSPS) is 37.6. The summed E-state index contributed by atoms with van der Waals surface area (Å²) >= 11 is 0. The van der Waals surface area contributed by atoms with Gasteiger partial charge in [-0.2, -0.15) is 0 Å². The van der Waals surface area contributed by atoms with Crippen molar-refractivity contribution in [3.8, 4) is 0 Å². The molecule has 2 aromatic rings. The summed E-state index contributed by atoms with van der Waals surface area (Å²) in [5.74, 6) is 4.94. The Morgan fingerprint density at radius 3 is 1.17 bits per heavy atom. The fourth-order valence-corrected chi connectivity index (χ4v) is 16.3. The van der Waals surface area contributed by atoms with Gasteiger partial charge in [0.05, 0.1) is 0 Å². The largest absolute Gasteiger partial charge is 0.872 e. The maximum Gasteiger partial charge on any atom is 0.152 e. The van der Waals surface area contributed by atoms with Crippen LogP contribution in [0.3, 0.4) is 0 Å². The van der Waals surface area contributed by atoms with Gasteiger partial charge in [-0.25, -0.2) is 0 Å². The van der Waals surface area contributed by atoms with Crippen molar-refractivity contribution in [1.29, 1.82) is 0 Å². The van der Waals surface area contributed by atoms with Crippen LogP contribution in [-0.4, -0.2) is 35.3 Å². The van der Waals surface area contributed by atoms with Crippen molar-refractivity contribution in [2.24, 2.45) is 69.0 Å². The summed E-state index contributed by atoms with van der Waals surface area (Å²) < 4.78 is 0. The molecule has 0 amide bonds. The molecule has 0 spiro atoms. The molecular weight excluding hydrogens is 921 g/mol. The number of carbonyl (C=O) groups excluding carboxylic acids is 4. The molecule has 4 unspecified atom stereocenters. The minimum Gasteiger partial charge on any atom is -0.872 e. The molecule has 0 aliphatic heterocycles. The van der Waals surface area contributed by atoms with Crippen LogP contribution in [0.1, 0.15) is 169 Å². The number of allylic oxidation sites excluding steroid dienone is 4. The molecule has 0 N–H and O–H groups in total. The molecule has 0 heterocycles. The van der Waals surface area contributed by atoms with Crippen LogP contribution in [0.2, 0.25) is 0 Å². The number of fused-ring (bicyclic) bond motifs is 10. The van der Waals surface area contributed by atoms with Gasteiger partial charge in [-0.3, -0.25) is 19.2 Å². The van der Waals surface area contributed by atoms with Crippen molar-refractivity contribution >= 4 is 34.7 Å². The molecule has 384 valence electrons. The van der Waals surface area contributed by atoms with Crippen LogP contribution >= 0.6 is 0 Å². The van der Waals surface area contributed by atoms with E-state index in [4.69, 9.17) is 0 Å². The Balaban J connectivity index is 0.000000162. The summed E-state index contributed by atoms with van der Waals surface area (Å²) in [5, 5.41) is 46.3. The van der Waals surface area contributed by atoms with Crippen molar-refractivity contribution in [2.45, 2.75) is 170 Å². The first-order valence-corrected chi connectivity index (χ1v) is 26.7. The van der Waals surface area contributed by atoms with Gasteiger partial charge in [0.15, 0.2) is 11.6 Å². The number of Topliss-reactive ketones (excluding diaryl/α,β-unsaturated/α-hetero) is 2. The monoisotopic (exact) mass is 1000 g/mol. The molecule has 0 bridgehead atoms. The zero-order chi connectivity index (χ0) is 50.8. The predicted octanol–water partition coefficient (Wildman–Crippen LogP) is 9.72. The van der Waals surface area contributed by atoms with Crippen molar-refractivity contribution in [3.05, 3.63) is 107 Å². The quantitative estimate of drug-likeness (QED) is 0.120. The molecule has 8 aliphatic carbocycles. The van der Waals surface area contributed by atoms with Gasteiger partial charge in [0.1, 0.15) is 11.6 Å². The van der Waals surface area contributed by atoms with Gasteiger partial charge >= 0.3 is 0 Å². The van der Waals surface area contributed by atoms with E-state index in [-0.39, 0.29) is 78.7 Å². The molecule has 0 saturated heterocycles. The fraction of sp³-hybridized carbons (Fsp3) is 0.613. The van der Waals surface area contributed by atoms with E-state index in [1.54, 1.807) is 62.4 Å². The van der Waals surface area contributed by atoms with Crippen LogP contribution in [0.15, 0.2) is 96.1 Å². The second kappa shape index (κ2) is 23.2. The van der Waals surface area contributed by atoms with Gasteiger partial charge in [0.25, 0.3) is 0 Å². The summed E-state index contributed by atoms with van der Waals surface area (Å²) in [6, 6.07) is 17.4. The van der Waals surface area contributed by atoms with E-state index in [1.165, 1.54) is 63.5 Å². The zero-order valence-electron chi connectivity index (χ0n) is 43.9. The third-order valence-corrected chi connectivity index (χ3v) is 19.9. The standard InChI is InChI=1S/2C21H31O2.2C10H10O2.Ti/c2*1-13(22)17-6-7-18-16-5-4-14-12-15(23)8-10-20(14,2)19(16)9-11-21(17,18)3;2*1-8(11)7-10(12)9-5-3-2-4-6-9;/h2*4,15-19H,5-12H2,1-3H3;2*2-7,12H,1H3;/q2*-1;;;/p-2/b;;2*10-7-;/t2*15-,16-,17+,18?,19?,20-,21+;;;/m00.../s1. The van der Waals surface area contributed by atoms with Crippen molar-refractivity contribution < 1.29 is 61.3 Å². The minimum absolute atomic E-state index is 0. The van der Waals surface area contributed by atoms with Crippen LogP contribution in [0.5, 0.6) is 0 Å². The molecule has 9 heteroatoms. The molecule has 0 aromatic heterocycles. The first-order valence-electron chi connectivity index (χ1n) is 26.7. The van der Waals surface area contributed by atoms with E-state index in [0.29, 0.717) is 34.5 Å². The molecule has 14 atom stereocenters. The first kappa shape index (κ1) is 56.6. The summed E-state index contributed by atoms with van der Waals surface area (Å²) in [4.78, 5) is 45.4. The van der Waals surface area contributed by atoms with Crippen molar-refractivity contribution in [3.63, 3.8) is 0 Å². The summed E-state index contributed by atoms with van der Waals surface area (Å²) in [5.41, 5.74) is 5.10. The molecule has 10 rings (SSSR count). The summed E-state index contributed by atoms with van der Waals surface area (Å²) in [6.45, 7) is 16.0. The second-order valence-corrected chi connectivity index (χ2v) is 23.8. The number of ketones is 4. The van der Waals surface area contributed by atoms with Gasteiger partial charge in [-0.1, -0.05) is 136 Å². The number of carbonyl (C=O) groups is 4. The third kappa shape index (κ3) is 11.8. The number of hydrogen-bond acceptors (Lipinski definition) is 8. The Morgan fingerprint density at radius 2 is 0.845 bits per heavy atom. The zero-order valence-corrected chi connectivity index (χ0v) is 45.5. The van der Waals surface area contributed by atoms with E-state index in [0.717, 1.165) is 112 Å². The molecule has 8 aliphatic rings. The molecule has 8 nitrogen and oxygen atoms in total. The maximum absolute atomic E-state index is 12.1. The molecule has 6 fully saturated rings. The maximum atomic E-state index is 12.1. The fourth-order valence-electron chi connectivity index (χ4n) is 16.3. The molecule has 2 aromatic carbocycles. The molecular formula is C62H80O8Ti-4. The molecule has 71 heavy (non-hydrogen) atoms. The Labute approximate surface area is 440 Å². The Hall–Kier alpha value is -3.69. The number of benzene rings is 2. The van der Waals surface area contributed by atoms with Crippen LogP contribution in [0.4, 0.5) is 0 Å². The van der Waals surface area contributed by atoms with Crippen molar-refractivity contribution in [1.82, 2.24) is 0 Å². The first-order chi connectivity index (χ1) is 33.1. The second-order valence-electron chi connectivity index (χ2n) is 23.8. The Morgan fingerprint density at radius 1 is 0.493 bits per heavy atom. The van der Waals surface area contributed by atoms with Crippen LogP contribution < -0.4 is 20.4 Å². The van der Waals surface area contributed by atoms with Crippen LogP contribution in [-0.2, 0) is 40.9 Å². The van der Waals surface area contributed by atoms with Gasteiger partial charge in [0.2, 0.25) is 0 Å². The number of rotatable bonds is 6. The van der Waals surface area contributed by atoms with E-state index < -0.39 is 0 Å². The van der Waals surface area contributed by atoms with Crippen LogP contribution in [0.25, 0.3) is 11.5 Å². The van der Waals surface area contributed by atoms with Crippen LogP contribution in [0, 0.1) is 69.0 Å². The molecule has 6 saturated carbocycles. The molecule has 0 radical (unpaired) electrons. The van der Waals surface area contributed by atoms with Gasteiger partial charge in [0, 0.05) is 33.6 Å². The predicted molar refractivity (Wildman–Crippen MR) is 270 cm³/mol. The minimum atomic E-state index is -0.367. The van der Waals surface area contributed by atoms with Gasteiger partial charge < -0.3 is 20.4 Å². The van der Waals surface area contributed by atoms with Gasteiger partial charge in [-0.05, 0) is 198 Å². The van der Waals surface area contributed by atoms with E-state index in [9.17, 15) is 39.6 Å². The van der Waals surface area contributed by atoms with Gasteiger partial charge in [-0.15, -0.1) is 12.2 Å². The summed E-state index contributed by atoms with van der Waals surface area (Å²) in [7, 11) is 0. The van der Waals surface area contributed by atoms with E-state index >= 15 is 0 Å². The van der Waals surface area contributed by atoms with E-state index in [2.05, 4.69) is 39.8 Å². The SMILES string of the molecule is CC(=O)/C=C(\[O-])c1ccccc1.CC(=O)/C=C(\[O-])c1ccccc1.CC(=O)[C@H]1CCC2[C@@H]3CC=C4C[C@@H]([O-])CC[C@]4(C)C3CC[C@@]21C.CC(=O)[C@H]1CCC2[C@@H]3CC=C4C[C@@H]([O-])CC[C@]4(C)C3CC[C@@]21C.[Ti]. The third-order valence-electron chi connectivity index (χ3n) is 19.9. The smallest absolute Gasteiger partial charge is 0.152 e. The average Bonchev–Trinajstić information content (AvgIpc) is 3.87. The average molecular weight is 1000 g/mol. The summed E-state index contributed by atoms with van der Waals surface area (Å²) in [6.07, 6.45) is 23.8. The Kier molecular flexibility index (Phi) is 18.5. The number of hydrogen-bond donors (Lipinski definition) is 0. The topological polar surface area (TPSA) is 161 Å². The Bertz CT molecular complexity index is 2190. The van der Waals surface area contributed by atoms with E-state index in [1.807, 2.05) is 12.1 Å².